The first kappa shape index (κ1) is 16.0. The van der Waals surface area contributed by atoms with Crippen LogP contribution in [0.3, 0.4) is 0 Å². The Morgan fingerprint density at radius 2 is 2.18 bits per heavy atom. The highest BCUT2D eigenvalue weighted by Gasteiger charge is 2.16. The third-order valence-corrected chi connectivity index (χ3v) is 3.31. The highest BCUT2D eigenvalue weighted by atomic mass is 16.5. The summed E-state index contributed by atoms with van der Waals surface area (Å²) in [6.07, 6.45) is 0.175. The summed E-state index contributed by atoms with van der Waals surface area (Å²) in [5.41, 5.74) is 1.59. The molecule has 0 bridgehead atoms. The van der Waals surface area contributed by atoms with Crippen LogP contribution in [0.15, 0.2) is 34.9 Å². The Morgan fingerprint density at radius 1 is 1.36 bits per heavy atom. The molecular formula is C16H20N2O4. The van der Waals surface area contributed by atoms with E-state index in [0.29, 0.717) is 17.9 Å². The van der Waals surface area contributed by atoms with E-state index in [1.54, 1.807) is 13.2 Å². The molecule has 2 aromatic rings. The number of nitrogens with zero attached hydrogens (tertiary/aromatic N) is 1. The van der Waals surface area contributed by atoms with Gasteiger partial charge in [0.1, 0.15) is 17.5 Å². The van der Waals surface area contributed by atoms with E-state index in [-0.39, 0.29) is 12.5 Å². The van der Waals surface area contributed by atoms with Crippen LogP contribution in [0.25, 0.3) is 11.3 Å². The maximum atomic E-state index is 11.8. The maximum absolute atomic E-state index is 11.8. The molecule has 1 atom stereocenters. The van der Waals surface area contributed by atoms with Crippen LogP contribution < -0.4 is 10.1 Å². The highest BCUT2D eigenvalue weighted by Crippen LogP contribution is 2.23. The fourth-order valence-corrected chi connectivity index (χ4v) is 2.06. The SMILES string of the molecule is CC[C@@H](OC)C(=O)NCc1cc(-c2cccc(OC)c2)no1. The Balaban J connectivity index is 2.01. The van der Waals surface area contributed by atoms with Gasteiger partial charge in [-0.05, 0) is 18.6 Å². The summed E-state index contributed by atoms with van der Waals surface area (Å²) in [5, 5.41) is 6.78. The topological polar surface area (TPSA) is 73.6 Å². The molecule has 0 saturated heterocycles. The molecule has 0 saturated carbocycles. The van der Waals surface area contributed by atoms with E-state index >= 15 is 0 Å². The van der Waals surface area contributed by atoms with Gasteiger partial charge in [-0.2, -0.15) is 0 Å². The van der Waals surface area contributed by atoms with Crippen molar-refractivity contribution in [3.8, 4) is 17.0 Å². The fourth-order valence-electron chi connectivity index (χ4n) is 2.06. The number of amides is 1. The number of ether oxygens (including phenoxy) is 2. The van der Waals surface area contributed by atoms with Crippen molar-refractivity contribution in [2.45, 2.75) is 26.0 Å². The molecule has 2 rings (SSSR count). The van der Waals surface area contributed by atoms with E-state index in [9.17, 15) is 4.79 Å². The molecule has 1 heterocycles. The van der Waals surface area contributed by atoms with Gasteiger partial charge in [0.2, 0.25) is 5.91 Å². The lowest BCUT2D eigenvalue weighted by Gasteiger charge is -2.11. The minimum Gasteiger partial charge on any atom is -0.497 e. The third kappa shape index (κ3) is 3.85. The molecular weight excluding hydrogens is 284 g/mol. The van der Waals surface area contributed by atoms with Crippen molar-refractivity contribution in [3.63, 3.8) is 0 Å². The molecule has 0 aliphatic carbocycles. The first-order chi connectivity index (χ1) is 10.7. The number of methoxy groups -OCH3 is 2. The van der Waals surface area contributed by atoms with Gasteiger partial charge < -0.3 is 19.3 Å². The minimum atomic E-state index is -0.444. The van der Waals surface area contributed by atoms with Crippen LogP contribution in [0.5, 0.6) is 5.75 Å². The number of benzene rings is 1. The summed E-state index contributed by atoms with van der Waals surface area (Å²) in [6, 6.07) is 9.33. The van der Waals surface area contributed by atoms with E-state index in [0.717, 1.165) is 11.3 Å². The normalized spacial score (nSPS) is 12.0. The second-order valence-electron chi connectivity index (χ2n) is 4.76. The Labute approximate surface area is 129 Å². The number of nitrogens with one attached hydrogen (secondary N) is 1. The maximum Gasteiger partial charge on any atom is 0.249 e. The summed E-state index contributed by atoms with van der Waals surface area (Å²) in [7, 11) is 3.13. The van der Waals surface area contributed by atoms with Gasteiger partial charge in [-0.15, -0.1) is 0 Å². The predicted octanol–water partition coefficient (Wildman–Crippen LogP) is 2.39. The van der Waals surface area contributed by atoms with E-state index in [1.807, 2.05) is 31.2 Å². The van der Waals surface area contributed by atoms with E-state index in [4.69, 9.17) is 14.0 Å². The molecule has 1 N–H and O–H groups in total. The van der Waals surface area contributed by atoms with Crippen LogP contribution in [0.2, 0.25) is 0 Å². The standard InChI is InChI=1S/C16H20N2O4/c1-4-15(21-3)16(19)17-10-13-9-14(18-22-13)11-6-5-7-12(8-11)20-2/h5-9,15H,4,10H2,1-3H3,(H,17,19)/t15-/m1/s1. The zero-order valence-corrected chi connectivity index (χ0v) is 13.0. The molecule has 22 heavy (non-hydrogen) atoms. The Hall–Kier alpha value is -2.34. The number of hydrogen-bond donors (Lipinski definition) is 1. The zero-order valence-electron chi connectivity index (χ0n) is 13.0. The second kappa shape index (κ2) is 7.61. The van der Waals surface area contributed by atoms with Crippen molar-refractivity contribution in [1.82, 2.24) is 10.5 Å². The number of carbonyl (C=O) groups excluding carboxylic acids is 1. The first-order valence-electron chi connectivity index (χ1n) is 7.08. The van der Waals surface area contributed by atoms with Gasteiger partial charge >= 0.3 is 0 Å². The van der Waals surface area contributed by atoms with Gasteiger partial charge in [-0.25, -0.2) is 0 Å². The third-order valence-electron chi connectivity index (χ3n) is 3.31. The fraction of sp³-hybridized carbons (Fsp3) is 0.375. The van der Waals surface area contributed by atoms with Crippen LogP contribution in [0, 0.1) is 0 Å². The number of rotatable bonds is 7. The molecule has 0 fully saturated rings. The summed E-state index contributed by atoms with van der Waals surface area (Å²) in [5.74, 6) is 1.17. The minimum absolute atomic E-state index is 0.163. The van der Waals surface area contributed by atoms with Crippen LogP contribution in [-0.4, -0.2) is 31.4 Å². The van der Waals surface area contributed by atoms with Crippen LogP contribution >= 0.6 is 0 Å². The van der Waals surface area contributed by atoms with Gasteiger partial charge in [0.15, 0.2) is 5.76 Å². The highest BCUT2D eigenvalue weighted by molar-refractivity contribution is 5.80. The molecule has 6 nitrogen and oxygen atoms in total. The molecule has 0 radical (unpaired) electrons. The van der Waals surface area contributed by atoms with E-state index in [1.165, 1.54) is 7.11 Å². The van der Waals surface area contributed by atoms with Gasteiger partial charge in [0.05, 0.1) is 13.7 Å². The van der Waals surface area contributed by atoms with Gasteiger partial charge in [0, 0.05) is 18.7 Å². The van der Waals surface area contributed by atoms with E-state index in [2.05, 4.69) is 10.5 Å². The van der Waals surface area contributed by atoms with Crippen molar-refractivity contribution in [2.75, 3.05) is 14.2 Å². The quantitative estimate of drug-likeness (QED) is 0.850. The lowest BCUT2D eigenvalue weighted by Crippen LogP contribution is -2.34. The average Bonchev–Trinajstić information content (AvgIpc) is 3.03. The summed E-state index contributed by atoms with van der Waals surface area (Å²) < 4.78 is 15.5. The molecule has 6 heteroatoms. The second-order valence-corrected chi connectivity index (χ2v) is 4.76. The largest absolute Gasteiger partial charge is 0.497 e. The summed E-state index contributed by atoms with van der Waals surface area (Å²) in [6.45, 7) is 2.17. The number of carbonyl (C=O) groups is 1. The summed E-state index contributed by atoms with van der Waals surface area (Å²) >= 11 is 0. The van der Waals surface area contributed by atoms with Crippen LogP contribution in [-0.2, 0) is 16.1 Å². The Kier molecular flexibility index (Phi) is 5.55. The molecule has 0 spiro atoms. The van der Waals surface area contributed by atoms with Gasteiger partial charge in [-0.3, -0.25) is 4.79 Å². The zero-order chi connectivity index (χ0) is 15.9. The molecule has 1 amide bonds. The van der Waals surface area contributed by atoms with Crippen molar-refractivity contribution in [1.29, 1.82) is 0 Å². The van der Waals surface area contributed by atoms with Gasteiger partial charge in [-0.1, -0.05) is 24.2 Å². The van der Waals surface area contributed by atoms with Crippen molar-refractivity contribution >= 4 is 5.91 Å². The number of hydrogen-bond acceptors (Lipinski definition) is 5. The molecule has 1 aromatic heterocycles. The first-order valence-corrected chi connectivity index (χ1v) is 7.08. The van der Waals surface area contributed by atoms with Gasteiger partial charge in [0.25, 0.3) is 0 Å². The van der Waals surface area contributed by atoms with Crippen LogP contribution in [0.4, 0.5) is 0 Å². The lowest BCUT2D eigenvalue weighted by molar-refractivity contribution is -0.131. The molecule has 0 unspecified atom stereocenters. The van der Waals surface area contributed by atoms with Crippen molar-refractivity contribution in [2.24, 2.45) is 0 Å². The summed E-state index contributed by atoms with van der Waals surface area (Å²) in [4.78, 5) is 11.8. The number of aromatic nitrogens is 1. The average molecular weight is 304 g/mol. The molecule has 1 aromatic carbocycles. The van der Waals surface area contributed by atoms with E-state index < -0.39 is 6.10 Å². The van der Waals surface area contributed by atoms with Crippen molar-refractivity contribution < 1.29 is 18.8 Å². The lowest BCUT2D eigenvalue weighted by atomic mass is 10.1. The van der Waals surface area contributed by atoms with Crippen LogP contribution in [0.1, 0.15) is 19.1 Å². The smallest absolute Gasteiger partial charge is 0.249 e. The predicted molar refractivity (Wildman–Crippen MR) is 81.4 cm³/mol. The molecule has 0 aliphatic rings. The Bertz CT molecular complexity index is 620. The Morgan fingerprint density at radius 3 is 2.86 bits per heavy atom. The monoisotopic (exact) mass is 304 g/mol. The molecule has 118 valence electrons. The van der Waals surface area contributed by atoms with Crippen molar-refractivity contribution in [3.05, 3.63) is 36.1 Å². The molecule has 0 aliphatic heterocycles.